The summed E-state index contributed by atoms with van der Waals surface area (Å²) in [4.78, 5) is 26.7. The molecule has 6 nitrogen and oxygen atoms in total. The van der Waals surface area contributed by atoms with Crippen LogP contribution in [0, 0.1) is 34.5 Å². The molecule has 2 bridgehead atoms. The van der Waals surface area contributed by atoms with Crippen LogP contribution in [-0.4, -0.2) is 50.4 Å². The zero-order valence-electron chi connectivity index (χ0n) is 18.9. The molecule has 4 N–H and O–H groups in total. The quantitative estimate of drug-likeness (QED) is 0.159. The SMILES string of the molecule is C=C1C[C@]23C[C@H]1CC[C@H]2C1=C[C@@H](O)[C@H](O)[C@@](C)(C(=O)I)C1[C@@H]3C(=O)NCCCCCCO. The van der Waals surface area contributed by atoms with E-state index in [4.69, 9.17) is 5.11 Å². The van der Waals surface area contributed by atoms with Crippen LogP contribution in [0.5, 0.6) is 0 Å². The number of carbonyl (C=O) groups is 2. The number of rotatable bonds is 8. The Balaban J connectivity index is 1.68. The lowest BCUT2D eigenvalue weighted by atomic mass is 9.60. The van der Waals surface area contributed by atoms with Crippen LogP contribution in [0.3, 0.4) is 0 Å². The van der Waals surface area contributed by atoms with Crippen molar-refractivity contribution in [3.63, 3.8) is 0 Å². The van der Waals surface area contributed by atoms with Gasteiger partial charge in [-0.3, -0.25) is 9.59 Å². The zero-order valence-corrected chi connectivity index (χ0v) is 21.0. The Kier molecular flexibility index (Phi) is 6.94. The number of unbranched alkanes of at least 4 members (excludes halogenated alkanes) is 3. The molecule has 0 aliphatic heterocycles. The summed E-state index contributed by atoms with van der Waals surface area (Å²) in [6, 6.07) is 0. The average molecular weight is 557 g/mol. The summed E-state index contributed by atoms with van der Waals surface area (Å²) in [7, 11) is 0. The maximum absolute atomic E-state index is 13.8. The topological polar surface area (TPSA) is 107 Å². The molecule has 0 heterocycles. The van der Waals surface area contributed by atoms with E-state index in [1.807, 2.05) is 0 Å². The second-order valence-corrected chi connectivity index (χ2v) is 11.6. The molecule has 0 aromatic heterocycles. The first-order valence-electron chi connectivity index (χ1n) is 12.0. The zero-order chi connectivity index (χ0) is 23.3. The molecule has 4 rings (SSSR count). The number of amides is 1. The second kappa shape index (κ2) is 9.12. The van der Waals surface area contributed by atoms with Crippen LogP contribution in [0.4, 0.5) is 0 Å². The largest absolute Gasteiger partial charge is 0.396 e. The number of halogens is 1. The van der Waals surface area contributed by atoms with Crippen molar-refractivity contribution in [3.05, 3.63) is 23.8 Å². The minimum Gasteiger partial charge on any atom is -0.396 e. The van der Waals surface area contributed by atoms with Gasteiger partial charge in [-0.25, -0.2) is 0 Å². The number of allylic oxidation sites excluding steroid dienone is 2. The molecule has 8 atom stereocenters. The first-order valence-corrected chi connectivity index (χ1v) is 13.1. The van der Waals surface area contributed by atoms with E-state index in [1.54, 1.807) is 35.6 Å². The van der Waals surface area contributed by atoms with E-state index in [-0.39, 0.29) is 27.6 Å². The van der Waals surface area contributed by atoms with E-state index in [1.165, 1.54) is 5.57 Å². The highest BCUT2D eigenvalue weighted by molar-refractivity contribution is 14.1. The molecule has 1 unspecified atom stereocenters. The van der Waals surface area contributed by atoms with Gasteiger partial charge in [-0.15, -0.1) is 0 Å². The van der Waals surface area contributed by atoms with Crippen LogP contribution in [0.1, 0.15) is 58.3 Å². The van der Waals surface area contributed by atoms with Crippen LogP contribution < -0.4 is 5.32 Å². The normalized spacial score (nSPS) is 42.3. The predicted octanol–water partition coefficient (Wildman–Crippen LogP) is 2.89. The highest BCUT2D eigenvalue weighted by Gasteiger charge is 2.70. The number of aliphatic hydroxyl groups is 3. The average Bonchev–Trinajstić information content (AvgIpc) is 3.17. The van der Waals surface area contributed by atoms with Gasteiger partial charge in [-0.05, 0) is 62.7 Å². The fraction of sp³-hybridized carbons (Fsp3) is 0.760. The molecule has 3 fully saturated rings. The molecular formula is C25H36INO5. The number of aliphatic hydroxyl groups excluding tert-OH is 3. The molecule has 7 heteroatoms. The molecule has 4 aliphatic carbocycles. The standard InChI is InChI=1S/C25H36INO5/c1-14-12-25-13-15(14)7-8-17(25)16-11-18(29)21(30)24(2,23(26)32)19(16)20(25)22(31)27-9-5-3-4-6-10-28/h11,15,17-21,28-30H,1,3-10,12-13H2,2H3,(H,27,31)/t15-,17+,18-,19?,20-,21+,24+,25+/m1/s1. The predicted molar refractivity (Wildman–Crippen MR) is 130 cm³/mol. The fourth-order valence-corrected chi connectivity index (χ4v) is 8.12. The van der Waals surface area contributed by atoms with Crippen molar-refractivity contribution in [1.29, 1.82) is 0 Å². The van der Waals surface area contributed by atoms with Gasteiger partial charge in [0.25, 0.3) is 0 Å². The smallest absolute Gasteiger partial charge is 0.224 e. The van der Waals surface area contributed by atoms with Crippen molar-refractivity contribution in [2.24, 2.45) is 34.5 Å². The molecule has 1 spiro atoms. The van der Waals surface area contributed by atoms with E-state index < -0.39 is 29.5 Å². The summed E-state index contributed by atoms with van der Waals surface area (Å²) in [5, 5.41) is 33.7. The lowest BCUT2D eigenvalue weighted by Gasteiger charge is -2.45. The Morgan fingerprint density at radius 2 is 1.94 bits per heavy atom. The molecule has 3 saturated carbocycles. The van der Waals surface area contributed by atoms with Gasteiger partial charge in [0.15, 0.2) is 0 Å². The Morgan fingerprint density at radius 1 is 1.22 bits per heavy atom. The minimum absolute atomic E-state index is 0.0339. The van der Waals surface area contributed by atoms with E-state index in [0.717, 1.165) is 56.9 Å². The molecule has 0 aromatic rings. The van der Waals surface area contributed by atoms with Crippen LogP contribution in [-0.2, 0) is 9.59 Å². The number of nitrogens with one attached hydrogen (secondary N) is 1. The number of carbonyl (C=O) groups excluding carboxylic acids is 2. The van der Waals surface area contributed by atoms with Gasteiger partial charge in [-0.1, -0.05) is 36.6 Å². The Morgan fingerprint density at radius 3 is 2.62 bits per heavy atom. The van der Waals surface area contributed by atoms with Gasteiger partial charge in [-0.2, -0.15) is 0 Å². The first-order chi connectivity index (χ1) is 15.2. The van der Waals surface area contributed by atoms with Crippen molar-refractivity contribution in [2.75, 3.05) is 13.2 Å². The van der Waals surface area contributed by atoms with Crippen molar-refractivity contribution in [2.45, 2.75) is 70.5 Å². The van der Waals surface area contributed by atoms with Crippen molar-refractivity contribution in [3.8, 4) is 0 Å². The van der Waals surface area contributed by atoms with E-state index >= 15 is 0 Å². The molecule has 178 valence electrons. The molecule has 0 radical (unpaired) electrons. The molecule has 0 saturated heterocycles. The lowest BCUT2D eigenvalue weighted by molar-refractivity contribution is -0.144. The van der Waals surface area contributed by atoms with Crippen LogP contribution >= 0.6 is 22.6 Å². The third-order valence-corrected chi connectivity index (χ3v) is 10.2. The minimum atomic E-state index is -1.23. The molecule has 4 aliphatic rings. The Labute approximate surface area is 204 Å². The molecule has 1 amide bonds. The van der Waals surface area contributed by atoms with E-state index in [9.17, 15) is 19.8 Å². The number of hydrogen-bond acceptors (Lipinski definition) is 5. The fourth-order valence-electron chi connectivity index (χ4n) is 7.46. The van der Waals surface area contributed by atoms with Crippen LogP contribution in [0.25, 0.3) is 0 Å². The summed E-state index contributed by atoms with van der Waals surface area (Å²) in [6.07, 6.45) is 6.58. The number of fused-ring (bicyclic) bond motifs is 3. The monoisotopic (exact) mass is 557 g/mol. The highest BCUT2D eigenvalue weighted by atomic mass is 127. The third kappa shape index (κ3) is 3.62. The maximum Gasteiger partial charge on any atom is 0.224 e. The second-order valence-electron chi connectivity index (χ2n) is 10.6. The first kappa shape index (κ1) is 24.4. The van der Waals surface area contributed by atoms with Gasteiger partial charge >= 0.3 is 0 Å². The van der Waals surface area contributed by atoms with Gasteiger partial charge in [0.2, 0.25) is 9.70 Å². The van der Waals surface area contributed by atoms with E-state index in [0.29, 0.717) is 12.5 Å². The van der Waals surface area contributed by atoms with Gasteiger partial charge < -0.3 is 20.6 Å². The Bertz CT molecular complexity index is 827. The molecule has 0 aromatic carbocycles. The summed E-state index contributed by atoms with van der Waals surface area (Å²) >= 11 is 1.74. The third-order valence-electron chi connectivity index (χ3n) is 9.01. The summed E-state index contributed by atoms with van der Waals surface area (Å²) in [5.41, 5.74) is 0.719. The lowest BCUT2D eigenvalue weighted by Crippen LogP contribution is -2.56. The maximum atomic E-state index is 13.8. The van der Waals surface area contributed by atoms with Crippen molar-refractivity contribution >= 4 is 32.3 Å². The molecule has 32 heavy (non-hydrogen) atoms. The van der Waals surface area contributed by atoms with Gasteiger partial charge in [0, 0.05) is 41.7 Å². The summed E-state index contributed by atoms with van der Waals surface area (Å²) < 4.78 is -0.206. The Hall–Kier alpha value is -0.770. The van der Waals surface area contributed by atoms with Crippen molar-refractivity contribution in [1.82, 2.24) is 5.32 Å². The summed E-state index contributed by atoms with van der Waals surface area (Å²) in [5.74, 6) is -0.301. The van der Waals surface area contributed by atoms with Crippen LogP contribution in [0.15, 0.2) is 23.8 Å². The van der Waals surface area contributed by atoms with E-state index in [2.05, 4.69) is 11.9 Å². The highest BCUT2D eigenvalue weighted by Crippen LogP contribution is 2.72. The van der Waals surface area contributed by atoms with Gasteiger partial charge in [0.05, 0.1) is 23.5 Å². The van der Waals surface area contributed by atoms with Crippen molar-refractivity contribution < 1.29 is 24.9 Å². The number of hydrogen-bond donors (Lipinski definition) is 4. The van der Waals surface area contributed by atoms with Gasteiger partial charge in [0.1, 0.15) is 0 Å². The molecular weight excluding hydrogens is 521 g/mol. The van der Waals surface area contributed by atoms with Crippen LogP contribution in [0.2, 0.25) is 0 Å². The summed E-state index contributed by atoms with van der Waals surface area (Å²) in [6.45, 7) is 6.82.